The van der Waals surface area contributed by atoms with Gasteiger partial charge in [0, 0.05) is 12.6 Å². The van der Waals surface area contributed by atoms with Crippen molar-refractivity contribution in [2.24, 2.45) is 0 Å². The van der Waals surface area contributed by atoms with Crippen LogP contribution in [0.1, 0.15) is 16.9 Å². The molecule has 0 saturated carbocycles. The van der Waals surface area contributed by atoms with E-state index in [1.54, 1.807) is 42.5 Å². The molecule has 0 atom stereocenters. The minimum atomic E-state index is -3.39. The second-order valence-electron chi connectivity index (χ2n) is 6.68. The maximum atomic E-state index is 12.3. The standard InChI is InChI=1S/C22H23N3O5S/c26-21-13-12-20(24-25(21)15-16-30-18-8-3-1-4-9-18)22(27)23-14-7-17-31(28,29)19-10-5-2-6-11-19/h1-6,8-13H,7,14-17H2,(H,23,27). The maximum Gasteiger partial charge on any atom is 0.271 e. The molecule has 0 unspecified atom stereocenters. The average Bonchev–Trinajstić information content (AvgIpc) is 2.79. The Kier molecular flexibility index (Phi) is 7.55. The molecule has 0 bridgehead atoms. The number of nitrogens with zero attached hydrogens (tertiary/aromatic N) is 2. The lowest BCUT2D eigenvalue weighted by molar-refractivity contribution is 0.0945. The van der Waals surface area contributed by atoms with Crippen molar-refractivity contribution in [3.8, 4) is 5.75 Å². The number of nitrogens with one attached hydrogen (secondary N) is 1. The van der Waals surface area contributed by atoms with Gasteiger partial charge in [-0.1, -0.05) is 36.4 Å². The molecule has 3 aromatic rings. The van der Waals surface area contributed by atoms with E-state index in [4.69, 9.17) is 4.74 Å². The molecule has 0 aliphatic rings. The van der Waals surface area contributed by atoms with Crippen LogP contribution < -0.4 is 15.6 Å². The fourth-order valence-electron chi connectivity index (χ4n) is 2.80. The van der Waals surface area contributed by atoms with Gasteiger partial charge in [0.2, 0.25) is 0 Å². The Hall–Kier alpha value is -3.46. The first-order valence-electron chi connectivity index (χ1n) is 9.78. The summed E-state index contributed by atoms with van der Waals surface area (Å²) in [5.41, 5.74) is -0.271. The number of aromatic nitrogens is 2. The minimum Gasteiger partial charge on any atom is -0.492 e. The molecule has 0 spiro atoms. The number of para-hydroxylation sites is 1. The molecule has 8 nitrogen and oxygen atoms in total. The third-order valence-electron chi connectivity index (χ3n) is 4.39. The molecule has 1 aromatic heterocycles. The number of amides is 1. The van der Waals surface area contributed by atoms with Crippen LogP contribution in [0.2, 0.25) is 0 Å². The van der Waals surface area contributed by atoms with Gasteiger partial charge in [-0.25, -0.2) is 13.1 Å². The summed E-state index contributed by atoms with van der Waals surface area (Å²) in [6.45, 7) is 0.576. The molecule has 1 N–H and O–H groups in total. The number of carbonyl (C=O) groups excluding carboxylic acids is 1. The van der Waals surface area contributed by atoms with Crippen LogP contribution in [0, 0.1) is 0 Å². The molecule has 0 radical (unpaired) electrons. The minimum absolute atomic E-state index is 0.0743. The van der Waals surface area contributed by atoms with E-state index in [0.29, 0.717) is 5.75 Å². The molecule has 9 heteroatoms. The van der Waals surface area contributed by atoms with Crippen molar-refractivity contribution in [2.45, 2.75) is 17.9 Å². The lowest BCUT2D eigenvalue weighted by atomic mass is 10.3. The van der Waals surface area contributed by atoms with Crippen molar-refractivity contribution in [2.75, 3.05) is 18.9 Å². The van der Waals surface area contributed by atoms with Gasteiger partial charge in [-0.2, -0.15) is 5.10 Å². The van der Waals surface area contributed by atoms with E-state index in [1.807, 2.05) is 18.2 Å². The Balaban J connectivity index is 1.50. The summed E-state index contributed by atoms with van der Waals surface area (Å²) in [5.74, 6) is 0.117. The molecular formula is C22H23N3O5S. The highest BCUT2D eigenvalue weighted by Gasteiger charge is 2.14. The summed E-state index contributed by atoms with van der Waals surface area (Å²) in [4.78, 5) is 24.6. The molecule has 2 aromatic carbocycles. The van der Waals surface area contributed by atoms with Crippen LogP contribution in [0.25, 0.3) is 0 Å². The van der Waals surface area contributed by atoms with Gasteiger partial charge in [0.1, 0.15) is 18.1 Å². The van der Waals surface area contributed by atoms with E-state index >= 15 is 0 Å². The van der Waals surface area contributed by atoms with Gasteiger partial charge < -0.3 is 10.1 Å². The van der Waals surface area contributed by atoms with Crippen LogP contribution >= 0.6 is 0 Å². The second-order valence-corrected chi connectivity index (χ2v) is 8.79. The summed E-state index contributed by atoms with van der Waals surface area (Å²) >= 11 is 0. The lowest BCUT2D eigenvalue weighted by Gasteiger charge is -2.09. The summed E-state index contributed by atoms with van der Waals surface area (Å²) in [7, 11) is -3.39. The number of rotatable bonds is 10. The van der Waals surface area contributed by atoms with Gasteiger partial charge in [-0.15, -0.1) is 0 Å². The van der Waals surface area contributed by atoms with E-state index in [0.717, 1.165) is 4.68 Å². The normalized spacial score (nSPS) is 11.1. The van der Waals surface area contributed by atoms with Crippen molar-refractivity contribution in [3.63, 3.8) is 0 Å². The van der Waals surface area contributed by atoms with Crippen LogP contribution in [0.5, 0.6) is 5.75 Å². The molecule has 1 amide bonds. The first-order valence-corrected chi connectivity index (χ1v) is 11.4. The van der Waals surface area contributed by atoms with Gasteiger partial charge in [-0.3, -0.25) is 9.59 Å². The van der Waals surface area contributed by atoms with Crippen LogP contribution in [-0.2, 0) is 16.4 Å². The number of carbonyl (C=O) groups is 1. The average molecular weight is 442 g/mol. The predicted molar refractivity (Wildman–Crippen MR) is 116 cm³/mol. The fourth-order valence-corrected chi connectivity index (χ4v) is 4.13. The van der Waals surface area contributed by atoms with E-state index < -0.39 is 15.7 Å². The third-order valence-corrected chi connectivity index (χ3v) is 6.21. The molecular weight excluding hydrogens is 418 g/mol. The van der Waals surface area contributed by atoms with Crippen molar-refractivity contribution in [3.05, 3.63) is 88.8 Å². The summed E-state index contributed by atoms with van der Waals surface area (Å²) in [6, 6.07) is 19.9. The van der Waals surface area contributed by atoms with Gasteiger partial charge in [0.05, 0.1) is 17.2 Å². The Morgan fingerprint density at radius 3 is 2.35 bits per heavy atom. The number of hydrogen-bond donors (Lipinski definition) is 1. The molecule has 31 heavy (non-hydrogen) atoms. The molecule has 1 heterocycles. The van der Waals surface area contributed by atoms with Crippen molar-refractivity contribution < 1.29 is 17.9 Å². The zero-order valence-electron chi connectivity index (χ0n) is 16.8. The van der Waals surface area contributed by atoms with E-state index in [-0.39, 0.29) is 48.0 Å². The zero-order chi connectivity index (χ0) is 22.1. The largest absolute Gasteiger partial charge is 0.492 e. The smallest absolute Gasteiger partial charge is 0.271 e. The van der Waals surface area contributed by atoms with E-state index in [9.17, 15) is 18.0 Å². The predicted octanol–water partition coefficient (Wildman–Crippen LogP) is 1.92. The first kappa shape index (κ1) is 22.2. The van der Waals surface area contributed by atoms with Gasteiger partial charge in [0.15, 0.2) is 9.84 Å². The van der Waals surface area contributed by atoms with E-state index in [2.05, 4.69) is 10.4 Å². The molecule has 0 aliphatic heterocycles. The molecule has 0 fully saturated rings. The van der Waals surface area contributed by atoms with Crippen LogP contribution in [0.4, 0.5) is 0 Å². The van der Waals surface area contributed by atoms with Gasteiger partial charge in [0.25, 0.3) is 11.5 Å². The molecule has 0 saturated heterocycles. The van der Waals surface area contributed by atoms with Crippen LogP contribution in [0.3, 0.4) is 0 Å². The van der Waals surface area contributed by atoms with Crippen molar-refractivity contribution in [1.82, 2.24) is 15.1 Å². The Labute approximate surface area is 180 Å². The summed E-state index contributed by atoms with van der Waals surface area (Å²) < 4.78 is 31.2. The lowest BCUT2D eigenvalue weighted by Crippen LogP contribution is -2.31. The summed E-state index contributed by atoms with van der Waals surface area (Å²) in [6.07, 6.45) is 0.257. The third kappa shape index (κ3) is 6.51. The maximum absolute atomic E-state index is 12.3. The van der Waals surface area contributed by atoms with E-state index in [1.165, 1.54) is 12.1 Å². The highest BCUT2D eigenvalue weighted by Crippen LogP contribution is 2.11. The molecule has 0 aliphatic carbocycles. The van der Waals surface area contributed by atoms with Crippen molar-refractivity contribution in [1.29, 1.82) is 0 Å². The van der Waals surface area contributed by atoms with Crippen LogP contribution in [-0.4, -0.2) is 43.0 Å². The first-order chi connectivity index (χ1) is 15.0. The Morgan fingerprint density at radius 2 is 1.65 bits per heavy atom. The highest BCUT2D eigenvalue weighted by molar-refractivity contribution is 7.91. The SMILES string of the molecule is O=C(NCCCS(=O)(=O)c1ccccc1)c1ccc(=O)n(CCOc2ccccc2)n1. The number of ether oxygens (including phenoxy) is 1. The van der Waals surface area contributed by atoms with Crippen molar-refractivity contribution >= 4 is 15.7 Å². The monoisotopic (exact) mass is 441 g/mol. The number of hydrogen-bond acceptors (Lipinski definition) is 6. The quantitative estimate of drug-likeness (QED) is 0.482. The topological polar surface area (TPSA) is 107 Å². The Morgan fingerprint density at radius 1 is 0.968 bits per heavy atom. The van der Waals surface area contributed by atoms with Gasteiger partial charge >= 0.3 is 0 Å². The zero-order valence-corrected chi connectivity index (χ0v) is 17.6. The summed E-state index contributed by atoms with van der Waals surface area (Å²) in [5, 5.41) is 6.71. The fraction of sp³-hybridized carbons (Fsp3) is 0.227. The van der Waals surface area contributed by atoms with Gasteiger partial charge in [-0.05, 0) is 36.8 Å². The molecule has 3 rings (SSSR count). The second kappa shape index (κ2) is 10.5. The van der Waals surface area contributed by atoms with Crippen LogP contribution in [0.15, 0.2) is 82.5 Å². The Bertz CT molecular complexity index is 1160. The number of sulfone groups is 1. The number of benzene rings is 2. The highest BCUT2D eigenvalue weighted by atomic mass is 32.2. The molecule has 162 valence electrons.